The summed E-state index contributed by atoms with van der Waals surface area (Å²) in [7, 11) is 0. The van der Waals surface area contributed by atoms with E-state index in [1.54, 1.807) is 10.9 Å². The molecule has 1 fully saturated rings. The molecular weight excluding hydrogens is 364 g/mol. The molecule has 3 aromatic rings. The maximum Gasteiger partial charge on any atom is 0.244 e. The first-order valence-electron chi connectivity index (χ1n) is 8.96. The van der Waals surface area contributed by atoms with E-state index in [9.17, 15) is 4.79 Å². The fourth-order valence-corrected chi connectivity index (χ4v) is 3.68. The molecule has 0 aliphatic carbocycles. The number of anilines is 1. The molecule has 4 rings (SSSR count). The number of nitrogens with zero attached hydrogens (tertiary/aromatic N) is 6. The van der Waals surface area contributed by atoms with Crippen molar-refractivity contribution in [1.82, 2.24) is 24.6 Å². The topological polar surface area (TPSA) is 67.2 Å². The van der Waals surface area contributed by atoms with E-state index >= 15 is 0 Å². The Morgan fingerprint density at radius 2 is 1.93 bits per heavy atom. The Balaban J connectivity index is 1.45. The molecule has 2 aromatic heterocycles. The van der Waals surface area contributed by atoms with Gasteiger partial charge in [-0.25, -0.2) is 9.67 Å². The zero-order valence-electron chi connectivity index (χ0n) is 15.4. The van der Waals surface area contributed by atoms with Crippen LogP contribution in [0.2, 0.25) is 5.02 Å². The van der Waals surface area contributed by atoms with E-state index in [2.05, 4.69) is 20.0 Å². The normalized spacial score (nSPS) is 14.8. The fourth-order valence-electron chi connectivity index (χ4n) is 3.52. The maximum atomic E-state index is 12.6. The van der Waals surface area contributed by atoms with E-state index < -0.39 is 0 Å². The highest BCUT2D eigenvalue weighted by Gasteiger charge is 2.23. The molecule has 1 aliphatic heterocycles. The van der Waals surface area contributed by atoms with Crippen molar-refractivity contribution in [2.45, 2.75) is 20.4 Å². The molecule has 1 aromatic carbocycles. The van der Waals surface area contributed by atoms with Crippen molar-refractivity contribution in [2.24, 2.45) is 0 Å². The van der Waals surface area contributed by atoms with Gasteiger partial charge in [0.05, 0.1) is 5.52 Å². The van der Waals surface area contributed by atoms with Gasteiger partial charge in [0.2, 0.25) is 5.91 Å². The van der Waals surface area contributed by atoms with Gasteiger partial charge in [0.1, 0.15) is 18.2 Å². The number of aromatic nitrogens is 4. The second kappa shape index (κ2) is 7.15. The lowest BCUT2D eigenvalue weighted by atomic mass is 10.1. The van der Waals surface area contributed by atoms with Crippen LogP contribution in [0.15, 0.2) is 30.5 Å². The minimum absolute atomic E-state index is 0.0778. The molecule has 1 aliphatic rings. The van der Waals surface area contributed by atoms with E-state index in [0.717, 1.165) is 35.5 Å². The second-order valence-electron chi connectivity index (χ2n) is 6.72. The lowest BCUT2D eigenvalue weighted by Crippen LogP contribution is -2.49. The third kappa shape index (κ3) is 3.60. The van der Waals surface area contributed by atoms with Crippen LogP contribution in [-0.2, 0) is 11.3 Å². The SMILES string of the molecule is Cc1nc(C)n(CC(=O)N2CCN(c3ccnc4cc(Cl)ccc34)CC2)n1. The van der Waals surface area contributed by atoms with Crippen LogP contribution in [0.3, 0.4) is 0 Å². The number of hydrogen-bond acceptors (Lipinski definition) is 5. The van der Waals surface area contributed by atoms with Crippen molar-refractivity contribution in [3.8, 4) is 0 Å². The van der Waals surface area contributed by atoms with E-state index in [4.69, 9.17) is 11.6 Å². The van der Waals surface area contributed by atoms with Crippen LogP contribution in [-0.4, -0.2) is 56.7 Å². The molecule has 0 N–H and O–H groups in total. The highest BCUT2D eigenvalue weighted by molar-refractivity contribution is 6.31. The number of carbonyl (C=O) groups excluding carboxylic acids is 1. The van der Waals surface area contributed by atoms with Crippen LogP contribution in [0, 0.1) is 13.8 Å². The van der Waals surface area contributed by atoms with Gasteiger partial charge >= 0.3 is 0 Å². The number of rotatable bonds is 3. The molecule has 0 spiro atoms. The first kappa shape index (κ1) is 17.7. The number of aryl methyl sites for hydroxylation is 2. The minimum Gasteiger partial charge on any atom is -0.367 e. The number of carbonyl (C=O) groups is 1. The molecule has 1 amide bonds. The quantitative estimate of drug-likeness (QED) is 0.693. The molecule has 7 nitrogen and oxygen atoms in total. The second-order valence-corrected chi connectivity index (χ2v) is 7.16. The summed E-state index contributed by atoms with van der Waals surface area (Å²) in [6.07, 6.45) is 1.81. The van der Waals surface area contributed by atoms with E-state index in [1.165, 1.54) is 0 Å². The van der Waals surface area contributed by atoms with Crippen molar-refractivity contribution in [2.75, 3.05) is 31.1 Å². The van der Waals surface area contributed by atoms with Crippen LogP contribution in [0.5, 0.6) is 0 Å². The number of pyridine rings is 1. The van der Waals surface area contributed by atoms with Gasteiger partial charge in [-0.05, 0) is 38.1 Å². The molecule has 0 radical (unpaired) electrons. The monoisotopic (exact) mass is 384 g/mol. The van der Waals surface area contributed by atoms with Crippen LogP contribution >= 0.6 is 11.6 Å². The summed E-state index contributed by atoms with van der Waals surface area (Å²) in [5.74, 6) is 1.53. The standard InChI is InChI=1S/C19H21ClN6O/c1-13-22-14(2)26(23-13)12-19(27)25-9-7-24(8-10-25)18-5-6-21-17-11-15(20)3-4-16(17)18/h3-6,11H,7-10,12H2,1-2H3. The third-order valence-corrected chi connectivity index (χ3v) is 5.14. The Hall–Kier alpha value is -2.67. The summed E-state index contributed by atoms with van der Waals surface area (Å²) >= 11 is 6.08. The van der Waals surface area contributed by atoms with Crippen molar-refractivity contribution in [3.63, 3.8) is 0 Å². The summed E-state index contributed by atoms with van der Waals surface area (Å²) in [5.41, 5.74) is 2.02. The number of benzene rings is 1. The average molecular weight is 385 g/mol. The minimum atomic E-state index is 0.0778. The van der Waals surface area contributed by atoms with Crippen molar-refractivity contribution >= 4 is 34.1 Å². The van der Waals surface area contributed by atoms with Crippen molar-refractivity contribution in [1.29, 1.82) is 0 Å². The van der Waals surface area contributed by atoms with E-state index in [1.807, 2.05) is 43.0 Å². The number of amides is 1. The summed E-state index contributed by atoms with van der Waals surface area (Å²) in [4.78, 5) is 25.5. The molecule has 27 heavy (non-hydrogen) atoms. The molecule has 8 heteroatoms. The lowest BCUT2D eigenvalue weighted by Gasteiger charge is -2.36. The average Bonchev–Trinajstić information content (AvgIpc) is 2.98. The molecule has 0 saturated carbocycles. The molecule has 140 valence electrons. The maximum absolute atomic E-state index is 12.6. The molecule has 3 heterocycles. The Morgan fingerprint density at radius 3 is 2.63 bits per heavy atom. The molecular formula is C19H21ClN6O. The van der Waals surface area contributed by atoms with E-state index in [-0.39, 0.29) is 12.5 Å². The van der Waals surface area contributed by atoms with E-state index in [0.29, 0.717) is 23.9 Å². The van der Waals surface area contributed by atoms with Crippen LogP contribution in [0.4, 0.5) is 5.69 Å². The fraction of sp³-hybridized carbons (Fsp3) is 0.368. The third-order valence-electron chi connectivity index (χ3n) is 4.90. The Morgan fingerprint density at radius 1 is 1.15 bits per heavy atom. The number of piperazine rings is 1. The summed E-state index contributed by atoms with van der Waals surface area (Å²) in [5, 5.41) is 6.04. The summed E-state index contributed by atoms with van der Waals surface area (Å²) in [6.45, 7) is 6.87. The van der Waals surface area contributed by atoms with Gasteiger partial charge in [-0.15, -0.1) is 0 Å². The van der Waals surface area contributed by atoms with Gasteiger partial charge < -0.3 is 9.80 Å². The van der Waals surface area contributed by atoms with Crippen LogP contribution in [0.25, 0.3) is 10.9 Å². The first-order chi connectivity index (χ1) is 13.0. The lowest BCUT2D eigenvalue weighted by molar-refractivity contribution is -0.132. The van der Waals surface area contributed by atoms with Gasteiger partial charge in [-0.2, -0.15) is 5.10 Å². The first-order valence-corrected chi connectivity index (χ1v) is 9.34. The summed E-state index contributed by atoms with van der Waals surface area (Å²) in [6, 6.07) is 7.79. The van der Waals surface area contributed by atoms with Crippen LogP contribution < -0.4 is 4.90 Å². The van der Waals surface area contributed by atoms with Gasteiger partial charge in [-0.3, -0.25) is 9.78 Å². The number of halogens is 1. The molecule has 1 saturated heterocycles. The van der Waals surface area contributed by atoms with Crippen LogP contribution in [0.1, 0.15) is 11.6 Å². The largest absolute Gasteiger partial charge is 0.367 e. The predicted octanol–water partition coefficient (Wildman–Crippen LogP) is 2.45. The predicted molar refractivity (Wildman–Crippen MR) is 105 cm³/mol. The highest BCUT2D eigenvalue weighted by atomic mass is 35.5. The Kier molecular flexibility index (Phi) is 4.70. The highest BCUT2D eigenvalue weighted by Crippen LogP contribution is 2.28. The van der Waals surface area contributed by atoms with Gasteiger partial charge in [0.15, 0.2) is 0 Å². The zero-order valence-corrected chi connectivity index (χ0v) is 16.1. The Bertz CT molecular complexity index is 993. The molecule has 0 unspecified atom stereocenters. The molecule has 0 atom stereocenters. The zero-order chi connectivity index (χ0) is 19.0. The number of hydrogen-bond donors (Lipinski definition) is 0. The smallest absolute Gasteiger partial charge is 0.244 e. The molecule has 0 bridgehead atoms. The van der Waals surface area contributed by atoms with Gasteiger partial charge in [0, 0.05) is 48.5 Å². The summed E-state index contributed by atoms with van der Waals surface area (Å²) < 4.78 is 1.67. The Labute approximate surface area is 162 Å². The van der Waals surface area contributed by atoms with Crippen molar-refractivity contribution in [3.05, 3.63) is 47.1 Å². The number of fused-ring (bicyclic) bond motifs is 1. The van der Waals surface area contributed by atoms with Gasteiger partial charge in [-0.1, -0.05) is 11.6 Å². The van der Waals surface area contributed by atoms with Crippen molar-refractivity contribution < 1.29 is 4.79 Å². The van der Waals surface area contributed by atoms with Gasteiger partial charge in [0.25, 0.3) is 0 Å².